The summed E-state index contributed by atoms with van der Waals surface area (Å²) in [6, 6.07) is 12.8. The van der Waals surface area contributed by atoms with Crippen LogP contribution in [0.2, 0.25) is 0 Å². The molecule has 1 fully saturated rings. The van der Waals surface area contributed by atoms with Crippen molar-refractivity contribution in [2.75, 3.05) is 44.7 Å². The highest BCUT2D eigenvalue weighted by atomic mass is 15.3. The standard InChI is InChI=1S/C15H22N4/c1-17-14(13-16)7-8-18-9-11-19(12-10-18)15-5-3-2-4-6-15/h2-6,14,17H,7-12H2,1H3. The summed E-state index contributed by atoms with van der Waals surface area (Å²) in [6.07, 6.45) is 0.901. The molecule has 1 N–H and O–H groups in total. The smallest absolute Gasteiger partial charge is 0.0962 e. The van der Waals surface area contributed by atoms with Gasteiger partial charge in [-0.15, -0.1) is 0 Å². The first-order valence-corrected chi connectivity index (χ1v) is 6.92. The zero-order valence-corrected chi connectivity index (χ0v) is 11.5. The van der Waals surface area contributed by atoms with E-state index in [1.807, 2.05) is 7.05 Å². The van der Waals surface area contributed by atoms with Gasteiger partial charge in [0, 0.05) is 38.4 Å². The number of nitrogens with zero attached hydrogens (tertiary/aromatic N) is 3. The lowest BCUT2D eigenvalue weighted by atomic mass is 10.2. The molecule has 102 valence electrons. The summed E-state index contributed by atoms with van der Waals surface area (Å²) in [6.45, 7) is 5.30. The number of piperazine rings is 1. The van der Waals surface area contributed by atoms with Crippen LogP contribution in [-0.2, 0) is 0 Å². The molecule has 1 aromatic carbocycles. The van der Waals surface area contributed by atoms with Crippen LogP contribution in [0.4, 0.5) is 5.69 Å². The van der Waals surface area contributed by atoms with E-state index in [1.165, 1.54) is 5.69 Å². The number of hydrogen-bond acceptors (Lipinski definition) is 4. The maximum Gasteiger partial charge on any atom is 0.0962 e. The van der Waals surface area contributed by atoms with E-state index in [0.717, 1.165) is 39.1 Å². The van der Waals surface area contributed by atoms with Crippen LogP contribution in [0.5, 0.6) is 0 Å². The molecular weight excluding hydrogens is 236 g/mol. The van der Waals surface area contributed by atoms with Crippen molar-refractivity contribution < 1.29 is 0 Å². The predicted molar refractivity (Wildman–Crippen MR) is 78.2 cm³/mol. The van der Waals surface area contributed by atoms with Gasteiger partial charge < -0.3 is 10.2 Å². The van der Waals surface area contributed by atoms with Crippen LogP contribution < -0.4 is 10.2 Å². The van der Waals surface area contributed by atoms with Gasteiger partial charge in [0.15, 0.2) is 0 Å². The van der Waals surface area contributed by atoms with E-state index in [9.17, 15) is 0 Å². The van der Waals surface area contributed by atoms with E-state index in [4.69, 9.17) is 5.26 Å². The molecular formula is C15H22N4. The van der Waals surface area contributed by atoms with Gasteiger partial charge in [-0.25, -0.2) is 0 Å². The van der Waals surface area contributed by atoms with Crippen molar-refractivity contribution in [1.29, 1.82) is 5.26 Å². The number of para-hydroxylation sites is 1. The number of benzene rings is 1. The molecule has 0 amide bonds. The number of hydrogen-bond donors (Lipinski definition) is 1. The quantitative estimate of drug-likeness (QED) is 0.865. The van der Waals surface area contributed by atoms with Gasteiger partial charge >= 0.3 is 0 Å². The summed E-state index contributed by atoms with van der Waals surface area (Å²) in [5.41, 5.74) is 1.31. The minimum Gasteiger partial charge on any atom is -0.369 e. The van der Waals surface area contributed by atoms with Crippen LogP contribution in [-0.4, -0.2) is 50.7 Å². The van der Waals surface area contributed by atoms with E-state index in [0.29, 0.717) is 0 Å². The summed E-state index contributed by atoms with van der Waals surface area (Å²) < 4.78 is 0. The van der Waals surface area contributed by atoms with Gasteiger partial charge in [0.1, 0.15) is 0 Å². The molecule has 0 radical (unpaired) electrons. The zero-order chi connectivity index (χ0) is 13.5. The first-order valence-electron chi connectivity index (χ1n) is 6.92. The molecule has 4 heteroatoms. The average Bonchev–Trinajstić information content (AvgIpc) is 2.50. The monoisotopic (exact) mass is 258 g/mol. The lowest BCUT2D eigenvalue weighted by Gasteiger charge is -2.36. The third kappa shape index (κ3) is 3.95. The van der Waals surface area contributed by atoms with Crippen LogP contribution in [0, 0.1) is 11.3 Å². The number of nitrogens with one attached hydrogen (secondary N) is 1. The van der Waals surface area contributed by atoms with Gasteiger partial charge in [0.2, 0.25) is 0 Å². The summed E-state index contributed by atoms with van der Waals surface area (Å²) in [5.74, 6) is 0. The second-order valence-electron chi connectivity index (χ2n) is 4.92. The Hall–Kier alpha value is -1.57. The minimum atomic E-state index is -0.0212. The fourth-order valence-electron chi connectivity index (χ4n) is 2.45. The van der Waals surface area contributed by atoms with Gasteiger partial charge in [-0.1, -0.05) is 18.2 Å². The lowest BCUT2D eigenvalue weighted by molar-refractivity contribution is 0.250. The van der Waals surface area contributed by atoms with Gasteiger partial charge in [-0.05, 0) is 25.6 Å². The Labute approximate surface area is 115 Å². The number of nitriles is 1. The molecule has 1 atom stereocenters. The maximum absolute atomic E-state index is 8.91. The molecule has 0 aliphatic carbocycles. The molecule has 1 unspecified atom stereocenters. The molecule has 0 spiro atoms. The van der Waals surface area contributed by atoms with Gasteiger partial charge in [0.05, 0.1) is 12.1 Å². The van der Waals surface area contributed by atoms with Crippen LogP contribution in [0.15, 0.2) is 30.3 Å². The maximum atomic E-state index is 8.91. The first kappa shape index (κ1) is 13.9. The molecule has 0 saturated carbocycles. The van der Waals surface area contributed by atoms with E-state index < -0.39 is 0 Å². The van der Waals surface area contributed by atoms with Crippen molar-refractivity contribution in [1.82, 2.24) is 10.2 Å². The average molecular weight is 258 g/mol. The second kappa shape index (κ2) is 7.13. The van der Waals surface area contributed by atoms with E-state index in [-0.39, 0.29) is 6.04 Å². The normalized spacial score (nSPS) is 18.0. The van der Waals surface area contributed by atoms with Crippen LogP contribution in [0.3, 0.4) is 0 Å². The van der Waals surface area contributed by atoms with Crippen LogP contribution in [0.25, 0.3) is 0 Å². The zero-order valence-electron chi connectivity index (χ0n) is 11.5. The van der Waals surface area contributed by atoms with Crippen molar-refractivity contribution in [3.05, 3.63) is 30.3 Å². The van der Waals surface area contributed by atoms with Crippen molar-refractivity contribution in [3.8, 4) is 6.07 Å². The Bertz CT molecular complexity index is 404. The molecule has 1 heterocycles. The Kier molecular flexibility index (Phi) is 5.20. The van der Waals surface area contributed by atoms with Crippen LogP contribution in [0.1, 0.15) is 6.42 Å². The molecule has 1 saturated heterocycles. The summed E-state index contributed by atoms with van der Waals surface area (Å²) in [5, 5.41) is 11.9. The Morgan fingerprint density at radius 2 is 1.89 bits per heavy atom. The van der Waals surface area contributed by atoms with Crippen molar-refractivity contribution in [2.45, 2.75) is 12.5 Å². The second-order valence-corrected chi connectivity index (χ2v) is 4.92. The van der Waals surface area contributed by atoms with Gasteiger partial charge in [-0.2, -0.15) is 5.26 Å². The fraction of sp³-hybridized carbons (Fsp3) is 0.533. The summed E-state index contributed by atoms with van der Waals surface area (Å²) in [7, 11) is 1.85. The van der Waals surface area contributed by atoms with Crippen molar-refractivity contribution >= 4 is 5.69 Å². The van der Waals surface area contributed by atoms with E-state index >= 15 is 0 Å². The Morgan fingerprint density at radius 3 is 2.47 bits per heavy atom. The SMILES string of the molecule is CNC(C#N)CCN1CCN(c2ccccc2)CC1. The molecule has 1 aliphatic rings. The first-order chi connectivity index (χ1) is 9.33. The number of rotatable bonds is 5. The van der Waals surface area contributed by atoms with Crippen LogP contribution >= 0.6 is 0 Å². The van der Waals surface area contributed by atoms with E-state index in [2.05, 4.69) is 51.5 Å². The number of anilines is 1. The largest absolute Gasteiger partial charge is 0.369 e. The summed E-state index contributed by atoms with van der Waals surface area (Å²) >= 11 is 0. The highest BCUT2D eigenvalue weighted by molar-refractivity contribution is 5.46. The van der Waals surface area contributed by atoms with Crippen molar-refractivity contribution in [3.63, 3.8) is 0 Å². The Balaban J connectivity index is 1.75. The third-order valence-corrected chi connectivity index (χ3v) is 3.73. The predicted octanol–water partition coefficient (Wildman–Crippen LogP) is 1.31. The highest BCUT2D eigenvalue weighted by Gasteiger charge is 2.17. The lowest BCUT2D eigenvalue weighted by Crippen LogP contribution is -2.47. The molecule has 4 nitrogen and oxygen atoms in total. The van der Waals surface area contributed by atoms with Crippen molar-refractivity contribution in [2.24, 2.45) is 0 Å². The minimum absolute atomic E-state index is 0.0212. The van der Waals surface area contributed by atoms with E-state index in [1.54, 1.807) is 0 Å². The molecule has 1 aromatic rings. The van der Waals surface area contributed by atoms with Gasteiger partial charge in [0.25, 0.3) is 0 Å². The summed E-state index contributed by atoms with van der Waals surface area (Å²) in [4.78, 5) is 4.87. The third-order valence-electron chi connectivity index (χ3n) is 3.73. The molecule has 0 aromatic heterocycles. The topological polar surface area (TPSA) is 42.3 Å². The fourth-order valence-corrected chi connectivity index (χ4v) is 2.45. The molecule has 19 heavy (non-hydrogen) atoms. The Morgan fingerprint density at radius 1 is 1.21 bits per heavy atom. The molecule has 0 bridgehead atoms. The molecule has 2 rings (SSSR count). The molecule has 1 aliphatic heterocycles. The van der Waals surface area contributed by atoms with Gasteiger partial charge in [-0.3, -0.25) is 4.90 Å². The highest BCUT2D eigenvalue weighted by Crippen LogP contribution is 2.15.